The van der Waals surface area contributed by atoms with Gasteiger partial charge in [0.15, 0.2) is 5.78 Å². The van der Waals surface area contributed by atoms with E-state index in [-0.39, 0.29) is 31.6 Å². The van der Waals surface area contributed by atoms with E-state index in [1.54, 1.807) is 20.8 Å². The summed E-state index contributed by atoms with van der Waals surface area (Å²) in [4.78, 5) is 25.7. The van der Waals surface area contributed by atoms with Gasteiger partial charge >= 0.3 is 5.97 Å². The van der Waals surface area contributed by atoms with E-state index in [0.717, 1.165) is 0 Å². The van der Waals surface area contributed by atoms with Crippen molar-refractivity contribution in [2.45, 2.75) is 40.7 Å². The molecular formula is C13H25NO4. The number of Topliss-reactive ketones (excluding diaryl/α,β-unsaturated/α-hetero) is 1. The van der Waals surface area contributed by atoms with E-state index in [4.69, 9.17) is 9.84 Å². The Morgan fingerprint density at radius 3 is 2.28 bits per heavy atom. The van der Waals surface area contributed by atoms with E-state index >= 15 is 0 Å². The summed E-state index contributed by atoms with van der Waals surface area (Å²) in [5.74, 6) is -0.689. The third kappa shape index (κ3) is 4.74. The Bertz CT molecular complexity index is 287. The highest BCUT2D eigenvalue weighted by Crippen LogP contribution is 2.20. The van der Waals surface area contributed by atoms with E-state index < -0.39 is 11.4 Å². The fraction of sp³-hybridized carbons (Fsp3) is 0.846. The molecule has 0 aliphatic rings. The highest BCUT2D eigenvalue weighted by Gasteiger charge is 2.38. The fourth-order valence-corrected chi connectivity index (χ4v) is 1.46. The largest absolute Gasteiger partial charge is 0.465 e. The number of hydrogen-bond acceptors (Lipinski definition) is 5. The standard InChI is InChI=1S/C13H25NO4/c1-6-18-12(17)13(4,5)11(16)9-14(7-8-15)10(2)3/h10,15H,6-9H2,1-5H3. The SMILES string of the molecule is CCOC(=O)C(C)(C)C(=O)CN(CCO)C(C)C. The Morgan fingerprint density at radius 2 is 1.89 bits per heavy atom. The summed E-state index contributed by atoms with van der Waals surface area (Å²) in [6, 6.07) is 0.138. The van der Waals surface area contributed by atoms with Crippen molar-refractivity contribution in [1.82, 2.24) is 4.90 Å². The maximum Gasteiger partial charge on any atom is 0.319 e. The van der Waals surface area contributed by atoms with Crippen LogP contribution < -0.4 is 0 Å². The molecule has 0 aromatic carbocycles. The lowest BCUT2D eigenvalue weighted by atomic mass is 9.87. The number of aliphatic hydroxyl groups excluding tert-OH is 1. The lowest BCUT2D eigenvalue weighted by Gasteiger charge is -2.28. The van der Waals surface area contributed by atoms with E-state index in [9.17, 15) is 9.59 Å². The maximum absolute atomic E-state index is 12.1. The minimum absolute atomic E-state index is 0.00864. The third-order valence-electron chi connectivity index (χ3n) is 2.95. The van der Waals surface area contributed by atoms with Crippen molar-refractivity contribution in [1.29, 1.82) is 0 Å². The normalized spacial score (nSPS) is 12.0. The van der Waals surface area contributed by atoms with Crippen LogP contribution >= 0.6 is 0 Å². The zero-order chi connectivity index (χ0) is 14.3. The molecule has 0 spiro atoms. The van der Waals surface area contributed by atoms with Gasteiger partial charge in [-0.05, 0) is 34.6 Å². The van der Waals surface area contributed by atoms with Crippen LogP contribution in [0.25, 0.3) is 0 Å². The Labute approximate surface area is 109 Å². The Balaban J connectivity index is 4.67. The second-order valence-corrected chi connectivity index (χ2v) is 5.06. The van der Waals surface area contributed by atoms with Crippen LogP contribution in [-0.4, -0.2) is 54.1 Å². The van der Waals surface area contributed by atoms with Crippen LogP contribution in [0.2, 0.25) is 0 Å². The summed E-state index contributed by atoms with van der Waals surface area (Å²) in [5, 5.41) is 8.95. The summed E-state index contributed by atoms with van der Waals surface area (Å²) in [6.45, 7) is 9.57. The van der Waals surface area contributed by atoms with E-state index in [2.05, 4.69) is 0 Å². The average molecular weight is 259 g/mol. The molecule has 5 heteroatoms. The summed E-state index contributed by atoms with van der Waals surface area (Å²) in [7, 11) is 0. The van der Waals surface area contributed by atoms with Crippen molar-refractivity contribution in [3.63, 3.8) is 0 Å². The molecule has 0 heterocycles. The van der Waals surface area contributed by atoms with Gasteiger partial charge in [-0.2, -0.15) is 0 Å². The monoisotopic (exact) mass is 259 g/mol. The predicted octanol–water partition coefficient (Wildman–Crippen LogP) is 0.847. The molecule has 0 rings (SSSR count). The first-order valence-electron chi connectivity index (χ1n) is 6.32. The lowest BCUT2D eigenvalue weighted by Crippen LogP contribution is -2.45. The number of rotatable bonds is 8. The van der Waals surface area contributed by atoms with Crippen LogP contribution in [0.4, 0.5) is 0 Å². The van der Waals surface area contributed by atoms with Crippen LogP contribution in [0.15, 0.2) is 0 Å². The van der Waals surface area contributed by atoms with E-state index in [1.807, 2.05) is 18.7 Å². The van der Waals surface area contributed by atoms with Gasteiger partial charge in [0.05, 0.1) is 19.8 Å². The summed E-state index contributed by atoms with van der Waals surface area (Å²) in [6.07, 6.45) is 0. The lowest BCUT2D eigenvalue weighted by molar-refractivity contribution is -0.158. The van der Waals surface area contributed by atoms with Crippen molar-refractivity contribution in [3.05, 3.63) is 0 Å². The number of esters is 1. The second-order valence-electron chi connectivity index (χ2n) is 5.06. The summed E-state index contributed by atoms with van der Waals surface area (Å²) >= 11 is 0. The Morgan fingerprint density at radius 1 is 1.33 bits per heavy atom. The molecule has 0 bridgehead atoms. The minimum atomic E-state index is -1.14. The molecular weight excluding hydrogens is 234 g/mol. The van der Waals surface area contributed by atoms with Gasteiger partial charge in [0.25, 0.3) is 0 Å². The van der Waals surface area contributed by atoms with Crippen molar-refractivity contribution >= 4 is 11.8 Å². The van der Waals surface area contributed by atoms with Crippen LogP contribution in [0.5, 0.6) is 0 Å². The predicted molar refractivity (Wildman–Crippen MR) is 69.2 cm³/mol. The number of hydrogen-bond donors (Lipinski definition) is 1. The van der Waals surface area contributed by atoms with E-state index in [1.165, 1.54) is 0 Å². The average Bonchev–Trinajstić information content (AvgIpc) is 2.28. The molecule has 0 saturated heterocycles. The molecule has 18 heavy (non-hydrogen) atoms. The molecule has 0 amide bonds. The molecule has 0 unspecified atom stereocenters. The van der Waals surface area contributed by atoms with Gasteiger partial charge in [-0.25, -0.2) is 0 Å². The number of aliphatic hydroxyl groups is 1. The highest BCUT2D eigenvalue weighted by molar-refractivity contribution is 6.03. The first-order valence-corrected chi connectivity index (χ1v) is 6.32. The molecule has 0 saturated carbocycles. The molecule has 0 aromatic heterocycles. The van der Waals surface area contributed by atoms with Crippen LogP contribution in [0.1, 0.15) is 34.6 Å². The first-order chi connectivity index (χ1) is 8.27. The van der Waals surface area contributed by atoms with Gasteiger partial charge in [-0.15, -0.1) is 0 Å². The molecule has 0 aliphatic heterocycles. The highest BCUT2D eigenvalue weighted by atomic mass is 16.5. The van der Waals surface area contributed by atoms with Crippen molar-refractivity contribution in [3.8, 4) is 0 Å². The molecule has 0 aliphatic carbocycles. The van der Waals surface area contributed by atoms with Crippen molar-refractivity contribution in [2.24, 2.45) is 5.41 Å². The molecule has 0 aromatic rings. The quantitative estimate of drug-likeness (QED) is 0.517. The number of carbonyl (C=O) groups is 2. The van der Waals surface area contributed by atoms with Crippen molar-refractivity contribution < 1.29 is 19.4 Å². The third-order valence-corrected chi connectivity index (χ3v) is 2.95. The van der Waals surface area contributed by atoms with Gasteiger partial charge in [-0.3, -0.25) is 14.5 Å². The Hall–Kier alpha value is -0.940. The van der Waals surface area contributed by atoms with Crippen LogP contribution in [0.3, 0.4) is 0 Å². The van der Waals surface area contributed by atoms with Crippen molar-refractivity contribution in [2.75, 3.05) is 26.3 Å². The van der Waals surface area contributed by atoms with Gasteiger partial charge in [0.1, 0.15) is 5.41 Å². The zero-order valence-corrected chi connectivity index (χ0v) is 12.0. The maximum atomic E-state index is 12.1. The second kappa shape index (κ2) is 7.48. The molecule has 0 fully saturated rings. The molecule has 5 nitrogen and oxygen atoms in total. The smallest absolute Gasteiger partial charge is 0.319 e. The number of ether oxygens (including phenoxy) is 1. The van der Waals surface area contributed by atoms with Crippen LogP contribution in [-0.2, 0) is 14.3 Å². The van der Waals surface area contributed by atoms with Crippen LogP contribution in [0, 0.1) is 5.41 Å². The first kappa shape index (κ1) is 17.1. The van der Waals surface area contributed by atoms with E-state index in [0.29, 0.717) is 6.54 Å². The molecule has 106 valence electrons. The Kier molecular flexibility index (Phi) is 7.09. The summed E-state index contributed by atoms with van der Waals surface area (Å²) < 4.78 is 4.90. The van der Waals surface area contributed by atoms with Gasteiger partial charge in [0.2, 0.25) is 0 Å². The molecule has 0 radical (unpaired) electrons. The zero-order valence-electron chi connectivity index (χ0n) is 12.0. The topological polar surface area (TPSA) is 66.8 Å². The molecule has 0 atom stereocenters. The van der Waals surface area contributed by atoms with Gasteiger partial charge in [-0.1, -0.05) is 0 Å². The van der Waals surface area contributed by atoms with Gasteiger partial charge in [0, 0.05) is 12.6 Å². The number of carbonyl (C=O) groups excluding carboxylic acids is 2. The minimum Gasteiger partial charge on any atom is -0.465 e. The number of nitrogens with zero attached hydrogens (tertiary/aromatic N) is 1. The molecule has 1 N–H and O–H groups in total. The fourth-order valence-electron chi connectivity index (χ4n) is 1.46. The summed E-state index contributed by atoms with van der Waals surface area (Å²) in [5.41, 5.74) is -1.14. The van der Waals surface area contributed by atoms with Gasteiger partial charge < -0.3 is 9.84 Å². The number of ketones is 1.